The topological polar surface area (TPSA) is 50.3 Å². The third-order valence-electron chi connectivity index (χ3n) is 5.21. The SMILES string of the molecule is CNc1ccc(Oc2ccnc3cc(-c4ccc(CN5CC(F)(F)C5)cn4)sc23)c(F)c1. The van der Waals surface area contributed by atoms with Gasteiger partial charge in [0.05, 0.1) is 33.9 Å². The van der Waals surface area contributed by atoms with E-state index in [1.165, 1.54) is 17.4 Å². The molecule has 0 radical (unpaired) electrons. The first-order valence-corrected chi connectivity index (χ1v) is 10.8. The first-order chi connectivity index (χ1) is 15.4. The zero-order valence-electron chi connectivity index (χ0n) is 17.1. The van der Waals surface area contributed by atoms with Gasteiger partial charge in [0.25, 0.3) is 5.92 Å². The van der Waals surface area contributed by atoms with E-state index in [4.69, 9.17) is 4.74 Å². The maximum absolute atomic E-state index is 14.4. The van der Waals surface area contributed by atoms with Crippen LogP contribution in [0.2, 0.25) is 0 Å². The van der Waals surface area contributed by atoms with Crippen molar-refractivity contribution in [2.75, 3.05) is 25.5 Å². The van der Waals surface area contributed by atoms with Crippen molar-refractivity contribution in [3.8, 4) is 22.1 Å². The summed E-state index contributed by atoms with van der Waals surface area (Å²) in [6.45, 7) is 0.0301. The molecule has 4 heterocycles. The van der Waals surface area contributed by atoms with Gasteiger partial charge in [0, 0.05) is 43.8 Å². The number of aromatic nitrogens is 2. The minimum atomic E-state index is -2.57. The number of nitrogens with one attached hydrogen (secondary N) is 1. The molecule has 0 unspecified atom stereocenters. The van der Waals surface area contributed by atoms with Gasteiger partial charge in [0.1, 0.15) is 5.75 Å². The number of pyridine rings is 2. The van der Waals surface area contributed by atoms with Crippen LogP contribution >= 0.6 is 11.3 Å². The van der Waals surface area contributed by atoms with E-state index in [0.717, 1.165) is 26.4 Å². The molecule has 0 amide bonds. The Labute approximate surface area is 186 Å². The normalized spacial score (nSPS) is 15.5. The van der Waals surface area contributed by atoms with Gasteiger partial charge in [-0.3, -0.25) is 14.9 Å². The Balaban J connectivity index is 1.37. The van der Waals surface area contributed by atoms with Crippen molar-refractivity contribution in [3.05, 3.63) is 66.2 Å². The van der Waals surface area contributed by atoms with E-state index in [1.807, 2.05) is 18.2 Å². The van der Waals surface area contributed by atoms with Crippen LogP contribution in [-0.2, 0) is 6.54 Å². The predicted octanol–water partition coefficient (Wildman–Crippen LogP) is 5.78. The number of rotatable bonds is 6. The Morgan fingerprint density at radius 2 is 1.94 bits per heavy atom. The van der Waals surface area contributed by atoms with Crippen LogP contribution in [-0.4, -0.2) is 40.9 Å². The Morgan fingerprint density at radius 3 is 2.62 bits per heavy atom. The summed E-state index contributed by atoms with van der Waals surface area (Å²) in [5, 5.41) is 2.89. The number of nitrogens with zero attached hydrogens (tertiary/aromatic N) is 3. The second kappa shape index (κ2) is 8.07. The number of hydrogen-bond acceptors (Lipinski definition) is 6. The fourth-order valence-electron chi connectivity index (χ4n) is 3.62. The Bertz CT molecular complexity index is 1270. The number of halogens is 3. The van der Waals surface area contributed by atoms with Gasteiger partial charge in [-0.1, -0.05) is 6.07 Å². The molecule has 3 aromatic heterocycles. The van der Waals surface area contributed by atoms with E-state index >= 15 is 0 Å². The molecule has 0 spiro atoms. The number of fused-ring (bicyclic) bond motifs is 1. The summed E-state index contributed by atoms with van der Waals surface area (Å²) in [4.78, 5) is 11.5. The summed E-state index contributed by atoms with van der Waals surface area (Å²) in [5.74, 6) is -2.39. The van der Waals surface area contributed by atoms with Crippen molar-refractivity contribution in [1.82, 2.24) is 14.9 Å². The van der Waals surface area contributed by atoms with Gasteiger partial charge in [-0.25, -0.2) is 13.2 Å². The number of ether oxygens (including phenoxy) is 1. The lowest BCUT2D eigenvalue weighted by atomic mass is 10.1. The molecule has 1 aliphatic rings. The quantitative estimate of drug-likeness (QED) is 0.399. The number of thiophene rings is 1. The smallest absolute Gasteiger partial charge is 0.272 e. The van der Waals surface area contributed by atoms with Crippen LogP contribution in [0.25, 0.3) is 20.8 Å². The van der Waals surface area contributed by atoms with Crippen molar-refractivity contribution in [2.45, 2.75) is 12.5 Å². The van der Waals surface area contributed by atoms with E-state index in [2.05, 4.69) is 15.3 Å². The minimum absolute atomic E-state index is 0.130. The number of alkyl halides is 2. The molecule has 4 aromatic rings. The molecule has 1 aliphatic heterocycles. The largest absolute Gasteiger partial charge is 0.453 e. The lowest BCUT2D eigenvalue weighted by Crippen LogP contribution is -2.55. The summed E-state index contributed by atoms with van der Waals surface area (Å²) in [7, 11) is 1.72. The zero-order chi connectivity index (χ0) is 22.3. The zero-order valence-corrected chi connectivity index (χ0v) is 17.9. The Morgan fingerprint density at radius 1 is 1.09 bits per heavy atom. The number of likely N-dealkylation sites (tertiary alicyclic amines) is 1. The second-order valence-electron chi connectivity index (χ2n) is 7.68. The van der Waals surface area contributed by atoms with Crippen LogP contribution < -0.4 is 10.1 Å². The molecular weight excluding hydrogens is 437 g/mol. The average Bonchev–Trinajstić information content (AvgIpc) is 3.20. The molecular formula is C23H19F3N4OS. The minimum Gasteiger partial charge on any atom is -0.453 e. The lowest BCUT2D eigenvalue weighted by Gasteiger charge is -2.38. The summed E-state index contributed by atoms with van der Waals surface area (Å²) >= 11 is 1.45. The molecule has 5 rings (SSSR count). The fourth-order valence-corrected chi connectivity index (χ4v) is 4.66. The van der Waals surface area contributed by atoms with Crippen molar-refractivity contribution < 1.29 is 17.9 Å². The Hall–Kier alpha value is -3.17. The van der Waals surface area contributed by atoms with Gasteiger partial charge < -0.3 is 10.1 Å². The van der Waals surface area contributed by atoms with Crippen LogP contribution in [0.4, 0.5) is 18.9 Å². The highest BCUT2D eigenvalue weighted by Gasteiger charge is 2.43. The number of anilines is 1. The van der Waals surface area contributed by atoms with Gasteiger partial charge in [0.15, 0.2) is 11.6 Å². The van der Waals surface area contributed by atoms with Crippen molar-refractivity contribution in [2.24, 2.45) is 0 Å². The van der Waals surface area contributed by atoms with Crippen LogP contribution in [0, 0.1) is 5.82 Å². The number of hydrogen-bond donors (Lipinski definition) is 1. The molecule has 0 atom stereocenters. The molecule has 1 saturated heterocycles. The molecule has 0 aliphatic carbocycles. The molecule has 32 heavy (non-hydrogen) atoms. The van der Waals surface area contributed by atoms with Gasteiger partial charge in [0.2, 0.25) is 0 Å². The van der Waals surface area contributed by atoms with Crippen LogP contribution in [0.15, 0.2) is 54.9 Å². The van der Waals surface area contributed by atoms with Crippen LogP contribution in [0.5, 0.6) is 11.5 Å². The fraction of sp³-hybridized carbons (Fsp3) is 0.217. The van der Waals surface area contributed by atoms with E-state index in [0.29, 0.717) is 18.0 Å². The van der Waals surface area contributed by atoms with Gasteiger partial charge in [-0.15, -0.1) is 11.3 Å². The third-order valence-corrected chi connectivity index (χ3v) is 6.37. The molecule has 0 saturated carbocycles. The first-order valence-electron chi connectivity index (χ1n) is 9.99. The standard InChI is InChI=1S/C23H19F3N4OS/c1-27-15-3-5-19(16(24)8-15)31-20-6-7-28-18-9-21(32-22(18)20)17-4-2-14(10-29-17)11-30-12-23(25,26)13-30/h2-10,27H,11-13H2,1H3. The van der Waals surface area contributed by atoms with E-state index in [-0.39, 0.29) is 18.8 Å². The summed E-state index contributed by atoms with van der Waals surface area (Å²) in [6.07, 6.45) is 3.33. The maximum Gasteiger partial charge on any atom is 0.272 e. The summed E-state index contributed by atoms with van der Waals surface area (Å²) < 4.78 is 47.0. The van der Waals surface area contributed by atoms with Gasteiger partial charge in [-0.2, -0.15) is 0 Å². The van der Waals surface area contributed by atoms with Gasteiger partial charge >= 0.3 is 0 Å². The molecule has 0 bridgehead atoms. The molecule has 1 aromatic carbocycles. The molecule has 1 fully saturated rings. The summed E-state index contributed by atoms with van der Waals surface area (Å²) in [6, 6.07) is 12.1. The third kappa shape index (κ3) is 4.13. The van der Waals surface area contributed by atoms with Gasteiger partial charge in [-0.05, 0) is 29.8 Å². The highest BCUT2D eigenvalue weighted by atomic mass is 32.1. The van der Waals surface area contributed by atoms with E-state index in [9.17, 15) is 13.2 Å². The maximum atomic E-state index is 14.4. The van der Waals surface area contributed by atoms with Crippen LogP contribution in [0.1, 0.15) is 5.56 Å². The molecule has 9 heteroatoms. The first kappa shape index (κ1) is 20.7. The summed E-state index contributed by atoms with van der Waals surface area (Å²) in [5.41, 5.74) is 3.02. The molecule has 1 N–H and O–H groups in total. The van der Waals surface area contributed by atoms with Crippen molar-refractivity contribution in [1.29, 1.82) is 0 Å². The molecule has 5 nitrogen and oxygen atoms in total. The van der Waals surface area contributed by atoms with Crippen molar-refractivity contribution >= 4 is 27.2 Å². The highest BCUT2D eigenvalue weighted by Crippen LogP contribution is 2.39. The van der Waals surface area contributed by atoms with E-state index in [1.54, 1.807) is 42.5 Å². The van der Waals surface area contributed by atoms with Crippen molar-refractivity contribution in [3.63, 3.8) is 0 Å². The Kier molecular flexibility index (Phi) is 5.22. The number of benzene rings is 1. The lowest BCUT2D eigenvalue weighted by molar-refractivity contribution is -0.133. The highest BCUT2D eigenvalue weighted by molar-refractivity contribution is 7.22. The second-order valence-corrected chi connectivity index (χ2v) is 8.74. The molecule has 164 valence electrons. The predicted molar refractivity (Wildman–Crippen MR) is 119 cm³/mol. The average molecular weight is 456 g/mol. The monoisotopic (exact) mass is 456 g/mol. The van der Waals surface area contributed by atoms with E-state index < -0.39 is 11.7 Å². The van der Waals surface area contributed by atoms with Crippen LogP contribution in [0.3, 0.4) is 0 Å².